The number of hydrogen-bond donors (Lipinski definition) is 4. The lowest BCUT2D eigenvalue weighted by Gasteiger charge is -2.19. The second kappa shape index (κ2) is 9.45. The second-order valence-corrected chi connectivity index (χ2v) is 7.63. The van der Waals surface area contributed by atoms with Gasteiger partial charge in [0.05, 0.1) is 17.2 Å². The number of benzene rings is 1. The maximum atomic E-state index is 12.9. The van der Waals surface area contributed by atoms with E-state index in [0.717, 1.165) is 6.08 Å². The van der Waals surface area contributed by atoms with Crippen LogP contribution in [0.25, 0.3) is 5.57 Å². The molecule has 1 aliphatic carbocycles. The van der Waals surface area contributed by atoms with E-state index in [2.05, 4.69) is 20.9 Å². The Morgan fingerprint density at radius 1 is 1.36 bits per heavy atom. The number of aromatic hydroxyl groups is 1. The van der Waals surface area contributed by atoms with Gasteiger partial charge in [-0.2, -0.15) is 23.4 Å². The van der Waals surface area contributed by atoms with Crippen molar-refractivity contribution in [1.29, 1.82) is 0 Å². The summed E-state index contributed by atoms with van der Waals surface area (Å²) in [6.07, 6.45) is -0.764. The predicted octanol–water partition coefficient (Wildman–Crippen LogP) is 4.06. The summed E-state index contributed by atoms with van der Waals surface area (Å²) in [5.74, 6) is -2.87. The van der Waals surface area contributed by atoms with Gasteiger partial charge in [0, 0.05) is 12.7 Å². The monoisotopic (exact) mass is 479 g/mol. The minimum absolute atomic E-state index is 0.0728. The standard InChI is InChI=1S/C21H20F3N5O3S/c1-11(26-27-20(33)25-15-5-3-4-13(10-15)19(31)32)16-18(30)17(29(2)28-16)12-6-8-14(9-7-12)21(22,23)24/h3-8,10,14,30H,9H2,1-2H3,(H,31,32)(H2,25,27,33)/b26-11+. The van der Waals surface area contributed by atoms with Gasteiger partial charge in [0.15, 0.2) is 16.6 Å². The number of carboxylic acids is 1. The van der Waals surface area contributed by atoms with Crippen molar-refractivity contribution >= 4 is 40.3 Å². The van der Waals surface area contributed by atoms with E-state index in [0.29, 0.717) is 11.3 Å². The van der Waals surface area contributed by atoms with Gasteiger partial charge < -0.3 is 15.5 Å². The number of thiocarbonyl (C=S) groups is 1. The molecule has 0 fully saturated rings. The van der Waals surface area contributed by atoms with Gasteiger partial charge in [-0.25, -0.2) is 4.79 Å². The largest absolute Gasteiger partial charge is 0.504 e. The molecule has 2 aromatic rings. The SMILES string of the molecule is C/C(=N\NC(=S)Nc1cccc(C(=O)O)c1)c1nn(C)c(C2=CCC(C(F)(F)F)C=C2)c1O. The Bertz CT molecular complexity index is 1180. The number of anilines is 1. The maximum absolute atomic E-state index is 12.9. The topological polar surface area (TPSA) is 112 Å². The smallest absolute Gasteiger partial charge is 0.395 e. The van der Waals surface area contributed by atoms with Crippen molar-refractivity contribution in [3.05, 3.63) is 59.4 Å². The highest BCUT2D eigenvalue weighted by Gasteiger charge is 2.38. The highest BCUT2D eigenvalue weighted by molar-refractivity contribution is 7.80. The van der Waals surface area contributed by atoms with Crippen LogP contribution in [0, 0.1) is 5.92 Å². The molecule has 3 rings (SSSR count). The number of rotatable bonds is 5. The van der Waals surface area contributed by atoms with Crippen LogP contribution in [-0.4, -0.2) is 43.0 Å². The fourth-order valence-corrected chi connectivity index (χ4v) is 3.36. The van der Waals surface area contributed by atoms with E-state index in [1.807, 2.05) is 0 Å². The molecular weight excluding hydrogens is 459 g/mol. The van der Waals surface area contributed by atoms with Crippen molar-refractivity contribution in [3.63, 3.8) is 0 Å². The summed E-state index contributed by atoms with van der Waals surface area (Å²) in [6.45, 7) is 1.57. The van der Waals surface area contributed by atoms with Crippen molar-refractivity contribution < 1.29 is 28.2 Å². The minimum Gasteiger partial charge on any atom is -0.504 e. The fourth-order valence-electron chi connectivity index (χ4n) is 3.20. The Balaban J connectivity index is 1.72. The molecule has 0 bridgehead atoms. The molecule has 1 heterocycles. The lowest BCUT2D eigenvalue weighted by molar-refractivity contribution is -0.160. The molecule has 1 aromatic heterocycles. The van der Waals surface area contributed by atoms with Crippen molar-refractivity contribution in [2.24, 2.45) is 18.1 Å². The Hall–Kier alpha value is -3.67. The summed E-state index contributed by atoms with van der Waals surface area (Å²) in [5, 5.41) is 30.9. The number of hydrogen-bond acceptors (Lipinski definition) is 5. The van der Waals surface area contributed by atoms with Crippen LogP contribution in [0.5, 0.6) is 5.75 Å². The molecule has 0 spiro atoms. The van der Waals surface area contributed by atoms with Crippen LogP contribution in [-0.2, 0) is 7.05 Å². The van der Waals surface area contributed by atoms with E-state index in [4.69, 9.17) is 17.3 Å². The molecule has 174 valence electrons. The lowest BCUT2D eigenvalue weighted by atomic mass is 9.94. The molecule has 1 atom stereocenters. The average molecular weight is 479 g/mol. The Kier molecular flexibility index (Phi) is 6.86. The summed E-state index contributed by atoms with van der Waals surface area (Å²) < 4.78 is 40.0. The molecule has 1 unspecified atom stereocenters. The van der Waals surface area contributed by atoms with E-state index in [1.165, 1.54) is 29.0 Å². The van der Waals surface area contributed by atoms with Crippen LogP contribution >= 0.6 is 12.2 Å². The molecule has 4 N–H and O–H groups in total. The molecule has 0 radical (unpaired) electrons. The van der Waals surface area contributed by atoms with Crippen LogP contribution in [0.4, 0.5) is 18.9 Å². The highest BCUT2D eigenvalue weighted by Crippen LogP contribution is 2.37. The number of hydrazone groups is 1. The van der Waals surface area contributed by atoms with E-state index >= 15 is 0 Å². The Labute approximate surface area is 192 Å². The third-order valence-electron chi connectivity index (χ3n) is 4.85. The first-order valence-corrected chi connectivity index (χ1v) is 10.0. The summed E-state index contributed by atoms with van der Waals surface area (Å²) in [5.41, 5.74) is 4.19. The zero-order valence-corrected chi connectivity index (χ0v) is 18.3. The van der Waals surface area contributed by atoms with Crippen molar-refractivity contribution in [1.82, 2.24) is 15.2 Å². The summed E-state index contributed by atoms with van der Waals surface area (Å²) in [6, 6.07) is 6.02. The van der Waals surface area contributed by atoms with Gasteiger partial charge in [-0.1, -0.05) is 24.3 Å². The number of nitrogens with zero attached hydrogens (tertiary/aromatic N) is 3. The van der Waals surface area contributed by atoms with Gasteiger partial charge in [0.2, 0.25) is 0 Å². The van der Waals surface area contributed by atoms with Gasteiger partial charge in [0.1, 0.15) is 5.69 Å². The molecule has 1 aromatic carbocycles. The Morgan fingerprint density at radius 3 is 2.70 bits per heavy atom. The molecule has 33 heavy (non-hydrogen) atoms. The van der Waals surface area contributed by atoms with E-state index in [9.17, 15) is 23.1 Å². The molecular formula is C21H20F3N5O3S. The van der Waals surface area contributed by atoms with Crippen molar-refractivity contribution in [2.45, 2.75) is 19.5 Å². The maximum Gasteiger partial charge on any atom is 0.395 e. The van der Waals surface area contributed by atoms with Crippen molar-refractivity contribution in [2.75, 3.05) is 5.32 Å². The summed E-state index contributed by atoms with van der Waals surface area (Å²) >= 11 is 5.15. The van der Waals surface area contributed by atoms with Gasteiger partial charge in [-0.15, -0.1) is 0 Å². The van der Waals surface area contributed by atoms with Crippen LogP contribution in [0.15, 0.2) is 47.6 Å². The van der Waals surface area contributed by atoms with Crippen LogP contribution in [0.2, 0.25) is 0 Å². The molecule has 0 amide bonds. The number of aromatic nitrogens is 2. The number of allylic oxidation sites excluding steroid dienone is 4. The Morgan fingerprint density at radius 2 is 2.09 bits per heavy atom. The van der Waals surface area contributed by atoms with Gasteiger partial charge >= 0.3 is 12.1 Å². The fraction of sp³-hybridized carbons (Fsp3) is 0.238. The number of alkyl halides is 3. The van der Waals surface area contributed by atoms with Crippen LogP contribution in [0.3, 0.4) is 0 Å². The zero-order valence-electron chi connectivity index (χ0n) is 17.5. The number of carboxylic acid groups (broad SMARTS) is 1. The minimum atomic E-state index is -4.32. The number of halogens is 3. The number of nitrogens with one attached hydrogen (secondary N) is 2. The van der Waals surface area contributed by atoms with Gasteiger partial charge in [-0.3, -0.25) is 10.1 Å². The first-order valence-electron chi connectivity index (χ1n) is 9.63. The first-order chi connectivity index (χ1) is 15.5. The summed E-state index contributed by atoms with van der Waals surface area (Å²) in [4.78, 5) is 11.1. The highest BCUT2D eigenvalue weighted by atomic mass is 32.1. The van der Waals surface area contributed by atoms with Gasteiger partial charge in [0.25, 0.3) is 0 Å². The first kappa shape index (κ1) is 24.0. The number of aryl methyl sites for hydroxylation is 1. The molecule has 12 heteroatoms. The van der Waals surface area contributed by atoms with E-state index < -0.39 is 18.1 Å². The molecule has 0 saturated heterocycles. The van der Waals surface area contributed by atoms with Crippen LogP contribution in [0.1, 0.15) is 35.1 Å². The zero-order chi connectivity index (χ0) is 24.3. The molecule has 0 saturated carbocycles. The van der Waals surface area contributed by atoms with Crippen LogP contribution < -0.4 is 10.7 Å². The quantitative estimate of drug-likeness (QED) is 0.291. The number of carbonyl (C=O) groups is 1. The molecule has 1 aliphatic rings. The van der Waals surface area contributed by atoms with Gasteiger partial charge in [-0.05, 0) is 49.3 Å². The average Bonchev–Trinajstić information content (AvgIpc) is 3.05. The predicted molar refractivity (Wildman–Crippen MR) is 121 cm³/mol. The number of aromatic carboxylic acids is 1. The molecule has 0 aliphatic heterocycles. The van der Waals surface area contributed by atoms with E-state index in [1.54, 1.807) is 26.1 Å². The second-order valence-electron chi connectivity index (χ2n) is 7.22. The third kappa shape index (κ3) is 5.58. The van der Waals surface area contributed by atoms with Crippen molar-refractivity contribution in [3.8, 4) is 5.75 Å². The normalized spacial score (nSPS) is 16.3. The summed E-state index contributed by atoms with van der Waals surface area (Å²) in [7, 11) is 1.56. The van der Waals surface area contributed by atoms with E-state index in [-0.39, 0.29) is 39.9 Å². The third-order valence-corrected chi connectivity index (χ3v) is 5.04. The lowest BCUT2D eigenvalue weighted by Crippen LogP contribution is -2.25. The molecule has 8 nitrogen and oxygen atoms in total.